The number of amides is 1. The smallest absolute Gasteiger partial charge is 0.277 e. The normalized spacial score (nSPS) is 14.9. The average Bonchev–Trinajstić information content (AvgIpc) is 3.26. The van der Waals surface area contributed by atoms with Gasteiger partial charge in [-0.1, -0.05) is 36.0 Å². The first-order chi connectivity index (χ1) is 13.0. The first-order valence-electron chi connectivity index (χ1n) is 8.81. The lowest BCUT2D eigenvalue weighted by Crippen LogP contribution is -2.40. The van der Waals surface area contributed by atoms with Crippen molar-refractivity contribution in [3.63, 3.8) is 0 Å². The maximum Gasteiger partial charge on any atom is 0.277 e. The van der Waals surface area contributed by atoms with Crippen molar-refractivity contribution in [2.45, 2.75) is 44.2 Å². The molecule has 2 aromatic heterocycles. The third-order valence-corrected chi connectivity index (χ3v) is 6.55. The molecule has 4 rings (SSSR count). The third kappa shape index (κ3) is 3.77. The summed E-state index contributed by atoms with van der Waals surface area (Å²) in [4.78, 5) is 20.0. The van der Waals surface area contributed by atoms with E-state index in [0.717, 1.165) is 28.5 Å². The van der Waals surface area contributed by atoms with E-state index >= 15 is 0 Å². The van der Waals surface area contributed by atoms with Crippen LogP contribution in [0.1, 0.15) is 28.8 Å². The molecule has 0 saturated heterocycles. The topological polar surface area (TPSA) is 72.1 Å². The van der Waals surface area contributed by atoms with Crippen molar-refractivity contribution in [1.82, 2.24) is 20.1 Å². The van der Waals surface area contributed by atoms with Crippen LogP contribution in [0.3, 0.4) is 0 Å². The molecule has 0 bridgehead atoms. The van der Waals surface area contributed by atoms with Gasteiger partial charge in [0.2, 0.25) is 5.91 Å². The molecule has 1 aliphatic heterocycles. The fourth-order valence-corrected chi connectivity index (χ4v) is 4.83. The molecular weight excluding hydrogens is 380 g/mol. The Morgan fingerprint density at radius 1 is 1.26 bits per heavy atom. The van der Waals surface area contributed by atoms with Crippen molar-refractivity contribution in [3.05, 3.63) is 46.1 Å². The Hall–Kier alpha value is -2.19. The van der Waals surface area contributed by atoms with Gasteiger partial charge in [0.05, 0.1) is 16.0 Å². The van der Waals surface area contributed by atoms with Crippen LogP contribution in [-0.2, 0) is 17.8 Å². The molecule has 0 aliphatic carbocycles. The van der Waals surface area contributed by atoms with Gasteiger partial charge in [0.25, 0.3) is 11.1 Å². The largest absolute Gasteiger partial charge is 0.410 e. The Kier molecular flexibility index (Phi) is 5.01. The molecule has 0 radical (unpaired) electrons. The molecule has 140 valence electrons. The summed E-state index contributed by atoms with van der Waals surface area (Å²) >= 11 is 2.84. The molecule has 1 atom stereocenters. The Bertz CT molecular complexity index is 982. The maximum atomic E-state index is 12.9. The second-order valence-electron chi connectivity index (χ2n) is 6.56. The second-order valence-corrected chi connectivity index (χ2v) is 9.05. The molecule has 0 spiro atoms. The molecule has 8 heteroatoms. The van der Waals surface area contributed by atoms with Crippen LogP contribution in [0.4, 0.5) is 0 Å². The molecular formula is C19H20N4O2S2. The van der Waals surface area contributed by atoms with Crippen LogP contribution in [0.2, 0.25) is 0 Å². The van der Waals surface area contributed by atoms with Crippen LogP contribution in [0.5, 0.6) is 0 Å². The lowest BCUT2D eigenvalue weighted by Gasteiger charge is -2.30. The highest BCUT2D eigenvalue weighted by Gasteiger charge is 2.27. The van der Waals surface area contributed by atoms with Gasteiger partial charge in [0.15, 0.2) is 0 Å². The lowest BCUT2D eigenvalue weighted by molar-refractivity contribution is -0.131. The number of hydrogen-bond donors (Lipinski definition) is 0. The van der Waals surface area contributed by atoms with Crippen LogP contribution in [0, 0.1) is 13.8 Å². The van der Waals surface area contributed by atoms with Gasteiger partial charge in [-0.2, -0.15) is 0 Å². The van der Waals surface area contributed by atoms with Crippen molar-refractivity contribution in [3.8, 4) is 10.8 Å². The molecule has 3 heterocycles. The standard InChI is InChI=1S/C19H20N4O2S2/c1-11-16(27-13(3)20-11)17-21-22-19(25-17)26-12(2)18(24)23-9-8-14-6-4-5-7-15(14)10-23/h4-7,12H,8-10H2,1-3H3/t12-/m1/s1. The van der Waals surface area contributed by atoms with E-state index < -0.39 is 0 Å². The zero-order valence-corrected chi connectivity index (χ0v) is 17.1. The molecule has 27 heavy (non-hydrogen) atoms. The van der Waals surface area contributed by atoms with E-state index in [1.165, 1.54) is 34.2 Å². The Labute approximate surface area is 166 Å². The predicted octanol–water partition coefficient (Wildman–Crippen LogP) is 3.88. The number of rotatable bonds is 4. The van der Waals surface area contributed by atoms with E-state index in [2.05, 4.69) is 27.3 Å². The Morgan fingerprint density at radius 2 is 2.04 bits per heavy atom. The van der Waals surface area contributed by atoms with E-state index in [0.29, 0.717) is 17.7 Å². The van der Waals surface area contributed by atoms with Gasteiger partial charge < -0.3 is 9.32 Å². The molecule has 1 aliphatic rings. The third-order valence-electron chi connectivity index (χ3n) is 4.57. The summed E-state index contributed by atoms with van der Waals surface area (Å²) in [5.41, 5.74) is 3.44. The molecule has 0 saturated carbocycles. The summed E-state index contributed by atoms with van der Waals surface area (Å²) < 4.78 is 5.77. The highest BCUT2D eigenvalue weighted by molar-refractivity contribution is 8.00. The monoisotopic (exact) mass is 400 g/mol. The van der Waals surface area contributed by atoms with Gasteiger partial charge in [-0.3, -0.25) is 4.79 Å². The lowest BCUT2D eigenvalue weighted by atomic mass is 10.00. The number of nitrogens with zero attached hydrogens (tertiary/aromatic N) is 4. The Balaban J connectivity index is 1.43. The number of benzene rings is 1. The average molecular weight is 401 g/mol. The maximum absolute atomic E-state index is 12.9. The Morgan fingerprint density at radius 3 is 2.78 bits per heavy atom. The summed E-state index contributed by atoms with van der Waals surface area (Å²) in [5, 5.41) is 9.31. The van der Waals surface area contributed by atoms with Gasteiger partial charge in [0, 0.05) is 13.1 Å². The van der Waals surface area contributed by atoms with E-state index in [9.17, 15) is 4.79 Å². The van der Waals surface area contributed by atoms with E-state index in [1.807, 2.05) is 37.8 Å². The summed E-state index contributed by atoms with van der Waals surface area (Å²) in [5.74, 6) is 0.561. The zero-order valence-electron chi connectivity index (χ0n) is 15.4. The van der Waals surface area contributed by atoms with Gasteiger partial charge in [0.1, 0.15) is 4.88 Å². The highest BCUT2D eigenvalue weighted by atomic mass is 32.2. The number of carbonyl (C=O) groups is 1. The van der Waals surface area contributed by atoms with Crippen molar-refractivity contribution in [2.75, 3.05) is 6.54 Å². The van der Waals surface area contributed by atoms with E-state index in [4.69, 9.17) is 4.42 Å². The summed E-state index contributed by atoms with van der Waals surface area (Å²) in [7, 11) is 0. The number of fused-ring (bicyclic) bond motifs is 1. The molecule has 0 N–H and O–H groups in total. The van der Waals surface area contributed by atoms with Gasteiger partial charge >= 0.3 is 0 Å². The number of aromatic nitrogens is 3. The first-order valence-corrected chi connectivity index (χ1v) is 10.5. The fraction of sp³-hybridized carbons (Fsp3) is 0.368. The van der Waals surface area contributed by atoms with Crippen LogP contribution in [0.15, 0.2) is 33.9 Å². The summed E-state index contributed by atoms with van der Waals surface area (Å²) in [6.07, 6.45) is 0.897. The molecule has 6 nitrogen and oxygen atoms in total. The number of thioether (sulfide) groups is 1. The molecule has 1 amide bonds. The van der Waals surface area contributed by atoms with Crippen LogP contribution >= 0.6 is 23.1 Å². The minimum absolute atomic E-state index is 0.0964. The zero-order chi connectivity index (χ0) is 19.0. The van der Waals surface area contributed by atoms with Crippen molar-refractivity contribution in [1.29, 1.82) is 0 Å². The minimum Gasteiger partial charge on any atom is -0.410 e. The van der Waals surface area contributed by atoms with Crippen LogP contribution in [-0.4, -0.2) is 37.8 Å². The highest BCUT2D eigenvalue weighted by Crippen LogP contribution is 2.32. The van der Waals surface area contributed by atoms with E-state index in [1.54, 1.807) is 0 Å². The molecule has 0 fully saturated rings. The predicted molar refractivity (Wildman–Crippen MR) is 106 cm³/mol. The summed E-state index contributed by atoms with van der Waals surface area (Å²) in [6.45, 7) is 7.17. The molecule has 3 aromatic rings. The number of hydrogen-bond acceptors (Lipinski definition) is 7. The second kappa shape index (κ2) is 7.44. The van der Waals surface area contributed by atoms with Gasteiger partial charge in [-0.05, 0) is 38.3 Å². The number of aryl methyl sites for hydroxylation is 2. The molecule has 1 aromatic carbocycles. The minimum atomic E-state index is -0.284. The first kappa shape index (κ1) is 18.2. The van der Waals surface area contributed by atoms with Gasteiger partial charge in [-0.25, -0.2) is 4.98 Å². The SMILES string of the molecule is Cc1nc(C)c(-c2nnc(S[C@H](C)C(=O)N3CCc4ccccc4C3)o2)s1. The van der Waals surface area contributed by atoms with Crippen molar-refractivity contribution < 1.29 is 9.21 Å². The van der Waals surface area contributed by atoms with E-state index in [-0.39, 0.29) is 11.2 Å². The van der Waals surface area contributed by atoms with Crippen LogP contribution in [0.25, 0.3) is 10.8 Å². The van der Waals surface area contributed by atoms with Gasteiger partial charge in [-0.15, -0.1) is 21.5 Å². The number of carbonyl (C=O) groups excluding carboxylic acids is 1. The quantitative estimate of drug-likeness (QED) is 0.619. The van der Waals surface area contributed by atoms with Crippen molar-refractivity contribution in [2.24, 2.45) is 0 Å². The summed E-state index contributed by atoms with van der Waals surface area (Å²) in [6, 6.07) is 8.30. The number of thiazole rings is 1. The molecule has 0 unspecified atom stereocenters. The van der Waals surface area contributed by atoms with Crippen LogP contribution < -0.4 is 0 Å². The fourth-order valence-electron chi connectivity index (χ4n) is 3.22. The van der Waals surface area contributed by atoms with Crippen molar-refractivity contribution >= 4 is 29.0 Å².